The molecule has 2 N–H and O–H groups in total. The molecule has 22 heavy (non-hydrogen) atoms. The van der Waals surface area contributed by atoms with Crippen LogP contribution in [0.15, 0.2) is 40.8 Å². The van der Waals surface area contributed by atoms with E-state index in [1.807, 2.05) is 0 Å². The summed E-state index contributed by atoms with van der Waals surface area (Å²) in [6, 6.07) is 9.56. The number of rotatable bonds is 2. The molecule has 1 saturated heterocycles. The second-order valence-electron chi connectivity index (χ2n) is 5.30. The van der Waals surface area contributed by atoms with Gasteiger partial charge in [-0.15, -0.1) is 12.4 Å². The summed E-state index contributed by atoms with van der Waals surface area (Å²) in [6.07, 6.45) is 1.83. The van der Waals surface area contributed by atoms with Crippen LogP contribution in [0.1, 0.15) is 23.4 Å². The van der Waals surface area contributed by atoms with Crippen LogP contribution >= 0.6 is 12.4 Å². The molecule has 0 spiro atoms. The molecule has 3 rings (SSSR count). The van der Waals surface area contributed by atoms with Crippen molar-refractivity contribution in [1.82, 2.24) is 4.90 Å². The van der Waals surface area contributed by atoms with Crippen LogP contribution in [-0.2, 0) is 0 Å². The SMILES string of the molecule is Cl.NC1CCCN(C(=O)c2ccc(-c3ccccc3F)o2)C1. The smallest absolute Gasteiger partial charge is 0.289 e. The molecule has 118 valence electrons. The summed E-state index contributed by atoms with van der Waals surface area (Å²) in [5, 5.41) is 0. The van der Waals surface area contributed by atoms with Crippen LogP contribution in [0, 0.1) is 5.82 Å². The summed E-state index contributed by atoms with van der Waals surface area (Å²) in [7, 11) is 0. The molecule has 1 atom stereocenters. The summed E-state index contributed by atoms with van der Waals surface area (Å²) in [5.74, 6) is 0.0266. The number of nitrogens with zero attached hydrogens (tertiary/aromatic N) is 1. The number of carbonyl (C=O) groups is 1. The molecule has 0 bridgehead atoms. The Morgan fingerprint density at radius 1 is 1.27 bits per heavy atom. The number of halogens is 2. The summed E-state index contributed by atoms with van der Waals surface area (Å²) in [6.45, 7) is 1.22. The maximum absolute atomic E-state index is 13.7. The van der Waals surface area contributed by atoms with Gasteiger partial charge in [-0.25, -0.2) is 4.39 Å². The van der Waals surface area contributed by atoms with Gasteiger partial charge in [0, 0.05) is 19.1 Å². The number of benzene rings is 1. The third-order valence-corrected chi connectivity index (χ3v) is 3.70. The van der Waals surface area contributed by atoms with Gasteiger partial charge in [0.25, 0.3) is 5.91 Å². The maximum Gasteiger partial charge on any atom is 0.289 e. The average Bonchev–Trinajstić information content (AvgIpc) is 2.96. The molecule has 0 aliphatic carbocycles. The normalized spacial score (nSPS) is 17.9. The van der Waals surface area contributed by atoms with Gasteiger partial charge in [-0.3, -0.25) is 4.79 Å². The highest BCUT2D eigenvalue weighted by molar-refractivity contribution is 5.92. The summed E-state index contributed by atoms with van der Waals surface area (Å²) in [4.78, 5) is 14.1. The number of hydrogen-bond acceptors (Lipinski definition) is 3. The minimum Gasteiger partial charge on any atom is -0.451 e. The predicted molar refractivity (Wildman–Crippen MR) is 84.5 cm³/mol. The molecule has 2 aromatic rings. The Kier molecular flexibility index (Phi) is 5.21. The van der Waals surface area contributed by atoms with E-state index in [-0.39, 0.29) is 35.9 Å². The minimum absolute atomic E-state index is 0. The molecule has 1 aliphatic rings. The Morgan fingerprint density at radius 2 is 2.05 bits per heavy atom. The van der Waals surface area contributed by atoms with Crippen LogP contribution in [-0.4, -0.2) is 29.9 Å². The van der Waals surface area contributed by atoms with Gasteiger partial charge in [0.05, 0.1) is 5.56 Å². The fourth-order valence-electron chi connectivity index (χ4n) is 2.61. The summed E-state index contributed by atoms with van der Waals surface area (Å²) in [5.41, 5.74) is 6.24. The molecule has 0 radical (unpaired) electrons. The van der Waals surface area contributed by atoms with Crippen LogP contribution < -0.4 is 5.73 Å². The molecule has 4 nitrogen and oxygen atoms in total. The largest absolute Gasteiger partial charge is 0.451 e. The molecule has 6 heteroatoms. The second kappa shape index (κ2) is 6.94. The van der Waals surface area contributed by atoms with E-state index < -0.39 is 0 Å². The van der Waals surface area contributed by atoms with Gasteiger partial charge in [0.1, 0.15) is 11.6 Å². The number of nitrogens with two attached hydrogens (primary N) is 1. The van der Waals surface area contributed by atoms with Crippen molar-refractivity contribution in [2.45, 2.75) is 18.9 Å². The van der Waals surface area contributed by atoms with Gasteiger partial charge in [0.2, 0.25) is 0 Å². The van der Waals surface area contributed by atoms with Crippen LogP contribution in [0.2, 0.25) is 0 Å². The van der Waals surface area contributed by atoms with Crippen molar-refractivity contribution < 1.29 is 13.6 Å². The average molecular weight is 325 g/mol. The number of furan rings is 1. The third-order valence-electron chi connectivity index (χ3n) is 3.70. The van der Waals surface area contributed by atoms with E-state index >= 15 is 0 Å². The number of amides is 1. The quantitative estimate of drug-likeness (QED) is 0.923. The van der Waals surface area contributed by atoms with Crippen molar-refractivity contribution in [3.8, 4) is 11.3 Å². The molecule has 1 aliphatic heterocycles. The van der Waals surface area contributed by atoms with Crippen molar-refractivity contribution >= 4 is 18.3 Å². The predicted octanol–water partition coefficient (Wildman–Crippen LogP) is 3.07. The van der Waals surface area contributed by atoms with Gasteiger partial charge >= 0.3 is 0 Å². The highest BCUT2D eigenvalue weighted by Crippen LogP contribution is 2.25. The Labute approximate surface area is 134 Å². The molecular weight excluding hydrogens is 307 g/mol. The zero-order valence-electron chi connectivity index (χ0n) is 12.0. The van der Waals surface area contributed by atoms with Crippen molar-refractivity contribution in [3.63, 3.8) is 0 Å². The fourth-order valence-corrected chi connectivity index (χ4v) is 2.61. The zero-order valence-corrected chi connectivity index (χ0v) is 12.8. The Bertz CT molecular complexity index is 659. The summed E-state index contributed by atoms with van der Waals surface area (Å²) < 4.78 is 19.2. The molecule has 2 heterocycles. The van der Waals surface area contributed by atoms with E-state index in [4.69, 9.17) is 10.2 Å². The van der Waals surface area contributed by atoms with Crippen LogP contribution in [0.5, 0.6) is 0 Å². The van der Waals surface area contributed by atoms with Gasteiger partial charge in [-0.2, -0.15) is 0 Å². The van der Waals surface area contributed by atoms with E-state index in [0.29, 0.717) is 24.4 Å². The number of likely N-dealkylation sites (tertiary alicyclic amines) is 1. The summed E-state index contributed by atoms with van der Waals surface area (Å²) >= 11 is 0. The molecule has 1 aromatic carbocycles. The highest BCUT2D eigenvalue weighted by Gasteiger charge is 2.24. The number of carbonyl (C=O) groups excluding carboxylic acids is 1. The maximum atomic E-state index is 13.7. The first-order valence-corrected chi connectivity index (χ1v) is 7.05. The topological polar surface area (TPSA) is 59.5 Å². The van der Waals surface area contributed by atoms with Gasteiger partial charge < -0.3 is 15.1 Å². The van der Waals surface area contributed by atoms with Crippen molar-refractivity contribution in [1.29, 1.82) is 0 Å². The second-order valence-corrected chi connectivity index (χ2v) is 5.30. The van der Waals surface area contributed by atoms with Gasteiger partial charge in [0.15, 0.2) is 5.76 Å². The highest BCUT2D eigenvalue weighted by atomic mass is 35.5. The van der Waals surface area contributed by atoms with Gasteiger partial charge in [-0.1, -0.05) is 12.1 Å². The van der Waals surface area contributed by atoms with E-state index in [0.717, 1.165) is 12.8 Å². The van der Waals surface area contributed by atoms with Gasteiger partial charge in [-0.05, 0) is 37.1 Å². The Morgan fingerprint density at radius 3 is 2.77 bits per heavy atom. The number of hydrogen-bond donors (Lipinski definition) is 1. The van der Waals surface area contributed by atoms with E-state index in [1.54, 1.807) is 35.2 Å². The van der Waals surface area contributed by atoms with E-state index in [2.05, 4.69) is 0 Å². The first-order valence-electron chi connectivity index (χ1n) is 7.05. The van der Waals surface area contributed by atoms with Crippen molar-refractivity contribution in [2.24, 2.45) is 5.73 Å². The molecule has 1 amide bonds. The van der Waals surface area contributed by atoms with Crippen LogP contribution in [0.3, 0.4) is 0 Å². The fraction of sp³-hybridized carbons (Fsp3) is 0.312. The van der Waals surface area contributed by atoms with E-state index in [9.17, 15) is 9.18 Å². The van der Waals surface area contributed by atoms with Crippen LogP contribution in [0.4, 0.5) is 4.39 Å². The third kappa shape index (κ3) is 3.31. The minimum atomic E-state index is -0.370. The lowest BCUT2D eigenvalue weighted by Crippen LogP contribution is -2.45. The van der Waals surface area contributed by atoms with Crippen LogP contribution in [0.25, 0.3) is 11.3 Å². The zero-order chi connectivity index (χ0) is 14.8. The molecular formula is C16H18ClFN2O2. The van der Waals surface area contributed by atoms with Crippen molar-refractivity contribution in [3.05, 3.63) is 48.0 Å². The lowest BCUT2D eigenvalue weighted by molar-refractivity contribution is 0.0677. The lowest BCUT2D eigenvalue weighted by Gasteiger charge is -2.30. The number of piperidine rings is 1. The first kappa shape index (κ1) is 16.5. The van der Waals surface area contributed by atoms with E-state index in [1.165, 1.54) is 6.07 Å². The molecule has 1 unspecified atom stereocenters. The monoisotopic (exact) mass is 324 g/mol. The molecule has 0 saturated carbocycles. The molecule has 1 aromatic heterocycles. The molecule has 1 fully saturated rings. The standard InChI is InChI=1S/C16H17FN2O2.ClH/c17-13-6-2-1-5-12(13)14-7-8-15(21-14)16(20)19-9-3-4-11(18)10-19;/h1-2,5-8,11H,3-4,9-10,18H2;1H. The first-order chi connectivity index (χ1) is 10.1. The Balaban J connectivity index is 0.00000176. The van der Waals surface area contributed by atoms with Crippen molar-refractivity contribution in [2.75, 3.05) is 13.1 Å². The Hall–Kier alpha value is -1.85. The lowest BCUT2D eigenvalue weighted by atomic mass is 10.1.